The lowest BCUT2D eigenvalue weighted by Gasteiger charge is -2.10. The molecule has 0 bridgehead atoms. The van der Waals surface area contributed by atoms with Crippen molar-refractivity contribution in [3.63, 3.8) is 0 Å². The lowest BCUT2D eigenvalue weighted by molar-refractivity contribution is -0.657. The molecule has 0 aliphatic carbocycles. The maximum absolute atomic E-state index is 8.58. The summed E-state index contributed by atoms with van der Waals surface area (Å²) in [4.78, 5) is 0. The van der Waals surface area contributed by atoms with Crippen LogP contribution < -0.4 is 10.1 Å². The molecule has 0 saturated carbocycles. The molecule has 0 amide bonds. The third-order valence-electron chi connectivity index (χ3n) is 2.44. The zero-order valence-corrected chi connectivity index (χ0v) is 11.4. The Hall–Kier alpha value is -0.810. The molecule has 102 valence electrons. The summed E-state index contributed by atoms with van der Waals surface area (Å²) in [5.74, 6) is 0.731. The molecule has 5 heteroatoms. The van der Waals surface area contributed by atoms with Gasteiger partial charge in [0.15, 0.2) is 0 Å². The number of aliphatic hydroxyl groups excluding tert-OH is 1. The number of nitrogens with two attached hydrogens (primary N) is 1. The van der Waals surface area contributed by atoms with E-state index in [0.717, 1.165) is 24.4 Å². The standard InChI is InChI=1S/C13H20ClNO3/c1-11-3-2-4-12(14)13(11)18-10-9-17-8-6-15-5-7-16/h2-4,15-16H,5-10H2,1H3/p+1. The molecule has 0 aliphatic rings. The molecule has 0 atom stereocenters. The molecular weight excluding hydrogens is 254 g/mol. The molecule has 4 nitrogen and oxygen atoms in total. The van der Waals surface area contributed by atoms with Crippen LogP contribution in [0.25, 0.3) is 0 Å². The third kappa shape index (κ3) is 5.69. The van der Waals surface area contributed by atoms with Gasteiger partial charge in [-0.05, 0) is 18.6 Å². The van der Waals surface area contributed by atoms with Gasteiger partial charge in [-0.15, -0.1) is 0 Å². The number of quaternary nitrogens is 1. The van der Waals surface area contributed by atoms with Crippen molar-refractivity contribution in [3.8, 4) is 5.75 Å². The van der Waals surface area contributed by atoms with Crippen molar-refractivity contribution < 1.29 is 19.9 Å². The number of rotatable bonds is 9. The zero-order valence-electron chi connectivity index (χ0n) is 10.7. The summed E-state index contributed by atoms with van der Waals surface area (Å²) in [7, 11) is 0. The molecular formula is C13H21ClNO3+. The highest BCUT2D eigenvalue weighted by Crippen LogP contribution is 2.27. The van der Waals surface area contributed by atoms with Crippen LogP contribution in [0.4, 0.5) is 0 Å². The molecule has 0 radical (unpaired) electrons. The van der Waals surface area contributed by atoms with Crippen LogP contribution in [0.5, 0.6) is 5.75 Å². The first-order valence-corrected chi connectivity index (χ1v) is 6.51. The number of aliphatic hydroxyl groups is 1. The SMILES string of the molecule is Cc1cccc(Cl)c1OCCOCC[NH2+]CCO. The number of ether oxygens (including phenoxy) is 2. The second-order valence-electron chi connectivity index (χ2n) is 3.94. The van der Waals surface area contributed by atoms with Crippen molar-refractivity contribution in [1.29, 1.82) is 0 Å². The Bertz CT molecular complexity index is 327. The average molecular weight is 275 g/mol. The first kappa shape index (κ1) is 15.2. The van der Waals surface area contributed by atoms with Crippen molar-refractivity contribution in [2.45, 2.75) is 6.92 Å². The zero-order chi connectivity index (χ0) is 13.2. The van der Waals surface area contributed by atoms with Crippen molar-refractivity contribution in [3.05, 3.63) is 28.8 Å². The largest absolute Gasteiger partial charge is 0.489 e. The van der Waals surface area contributed by atoms with Crippen LogP contribution in [0, 0.1) is 6.92 Å². The van der Waals surface area contributed by atoms with Gasteiger partial charge in [0.1, 0.15) is 12.4 Å². The Morgan fingerprint density at radius 3 is 2.78 bits per heavy atom. The van der Waals surface area contributed by atoms with Gasteiger partial charge in [0.25, 0.3) is 0 Å². The molecule has 1 aromatic rings. The fourth-order valence-electron chi connectivity index (χ4n) is 1.51. The van der Waals surface area contributed by atoms with Gasteiger partial charge in [-0.2, -0.15) is 0 Å². The Kier molecular flexibility index (Phi) is 7.76. The number of aryl methyl sites for hydroxylation is 1. The van der Waals surface area contributed by atoms with E-state index in [-0.39, 0.29) is 6.61 Å². The van der Waals surface area contributed by atoms with Crippen LogP contribution in [0.2, 0.25) is 5.02 Å². The van der Waals surface area contributed by atoms with E-state index in [2.05, 4.69) is 0 Å². The summed E-state index contributed by atoms with van der Waals surface area (Å²) in [5, 5.41) is 11.2. The Labute approximate surface area is 113 Å². The Morgan fingerprint density at radius 1 is 1.22 bits per heavy atom. The van der Waals surface area contributed by atoms with Gasteiger partial charge in [0.05, 0.1) is 37.9 Å². The molecule has 0 heterocycles. The van der Waals surface area contributed by atoms with Gasteiger partial charge in [-0.25, -0.2) is 0 Å². The smallest absolute Gasteiger partial charge is 0.140 e. The lowest BCUT2D eigenvalue weighted by atomic mass is 10.2. The summed E-state index contributed by atoms with van der Waals surface area (Å²) in [5.41, 5.74) is 1.03. The monoisotopic (exact) mass is 274 g/mol. The maximum Gasteiger partial charge on any atom is 0.140 e. The van der Waals surface area contributed by atoms with Crippen LogP contribution >= 0.6 is 11.6 Å². The summed E-state index contributed by atoms with van der Waals surface area (Å²) >= 11 is 6.03. The highest BCUT2D eigenvalue weighted by molar-refractivity contribution is 6.32. The van der Waals surface area contributed by atoms with Gasteiger partial charge in [-0.3, -0.25) is 0 Å². The Morgan fingerprint density at radius 2 is 2.06 bits per heavy atom. The molecule has 3 N–H and O–H groups in total. The van der Waals surface area contributed by atoms with Gasteiger partial charge in [-0.1, -0.05) is 23.7 Å². The first-order valence-electron chi connectivity index (χ1n) is 6.14. The van der Waals surface area contributed by atoms with E-state index >= 15 is 0 Å². The number of halogens is 1. The predicted molar refractivity (Wildman–Crippen MR) is 71.2 cm³/mol. The fraction of sp³-hybridized carbons (Fsp3) is 0.538. The second kappa shape index (κ2) is 9.16. The fourth-order valence-corrected chi connectivity index (χ4v) is 1.78. The molecule has 1 aromatic carbocycles. The molecule has 0 aliphatic heterocycles. The topological polar surface area (TPSA) is 55.3 Å². The average Bonchev–Trinajstić information content (AvgIpc) is 2.35. The molecule has 18 heavy (non-hydrogen) atoms. The molecule has 0 unspecified atom stereocenters. The Balaban J connectivity index is 2.11. The van der Waals surface area contributed by atoms with Crippen LogP contribution in [0.15, 0.2) is 18.2 Å². The van der Waals surface area contributed by atoms with Crippen molar-refractivity contribution >= 4 is 11.6 Å². The minimum absolute atomic E-state index is 0.203. The summed E-state index contributed by atoms with van der Waals surface area (Å²) in [6.07, 6.45) is 0. The molecule has 0 spiro atoms. The van der Waals surface area contributed by atoms with E-state index in [1.807, 2.05) is 30.4 Å². The highest BCUT2D eigenvalue weighted by atomic mass is 35.5. The summed E-state index contributed by atoms with van der Waals surface area (Å²) < 4.78 is 11.0. The van der Waals surface area contributed by atoms with Gasteiger partial charge in [0.2, 0.25) is 0 Å². The summed E-state index contributed by atoms with van der Waals surface area (Å²) in [6.45, 7) is 5.43. The molecule has 0 saturated heterocycles. The quantitative estimate of drug-likeness (QED) is 0.649. The van der Waals surface area contributed by atoms with Crippen molar-refractivity contribution in [1.82, 2.24) is 0 Å². The molecule has 0 aromatic heterocycles. The first-order chi connectivity index (χ1) is 8.75. The van der Waals surface area contributed by atoms with Crippen molar-refractivity contribution in [2.75, 3.05) is 39.5 Å². The number of hydrogen-bond donors (Lipinski definition) is 2. The predicted octanol–water partition coefficient (Wildman–Crippen LogP) is 0.600. The van der Waals surface area contributed by atoms with Gasteiger partial charge < -0.3 is 19.9 Å². The number of benzene rings is 1. The minimum Gasteiger partial charge on any atom is -0.489 e. The summed E-state index contributed by atoms with van der Waals surface area (Å²) in [6, 6.07) is 5.68. The van der Waals surface area contributed by atoms with Crippen LogP contribution in [-0.4, -0.2) is 44.6 Å². The van der Waals surface area contributed by atoms with E-state index in [0.29, 0.717) is 24.8 Å². The van der Waals surface area contributed by atoms with Gasteiger partial charge >= 0.3 is 0 Å². The van der Waals surface area contributed by atoms with E-state index in [9.17, 15) is 0 Å². The van der Waals surface area contributed by atoms with E-state index in [1.54, 1.807) is 0 Å². The minimum atomic E-state index is 0.203. The van der Waals surface area contributed by atoms with Crippen LogP contribution in [0.3, 0.4) is 0 Å². The van der Waals surface area contributed by atoms with E-state index < -0.39 is 0 Å². The normalized spacial score (nSPS) is 10.6. The third-order valence-corrected chi connectivity index (χ3v) is 2.74. The number of para-hydroxylation sites is 1. The van der Waals surface area contributed by atoms with E-state index in [1.165, 1.54) is 0 Å². The van der Waals surface area contributed by atoms with Crippen LogP contribution in [0.1, 0.15) is 5.56 Å². The highest BCUT2D eigenvalue weighted by Gasteiger charge is 2.04. The van der Waals surface area contributed by atoms with Gasteiger partial charge in [0, 0.05) is 0 Å². The molecule has 1 rings (SSSR count). The van der Waals surface area contributed by atoms with Crippen molar-refractivity contribution in [2.24, 2.45) is 0 Å². The number of hydrogen-bond acceptors (Lipinski definition) is 3. The van der Waals surface area contributed by atoms with Crippen LogP contribution in [-0.2, 0) is 4.74 Å². The van der Waals surface area contributed by atoms with E-state index in [4.69, 9.17) is 26.2 Å². The lowest BCUT2D eigenvalue weighted by Crippen LogP contribution is -2.86. The second-order valence-corrected chi connectivity index (χ2v) is 4.34. The maximum atomic E-state index is 8.58. The molecule has 0 fully saturated rings.